The Labute approximate surface area is 96.9 Å². The summed E-state index contributed by atoms with van der Waals surface area (Å²) in [7, 11) is 0. The maximum Gasteiger partial charge on any atom is 0.0688 e. The lowest BCUT2D eigenvalue weighted by Crippen LogP contribution is -1.92. The van der Waals surface area contributed by atoms with Crippen molar-refractivity contribution in [2.24, 2.45) is 0 Å². The predicted molar refractivity (Wildman–Crippen MR) is 69.7 cm³/mol. The van der Waals surface area contributed by atoms with Crippen LogP contribution in [0.25, 0.3) is 20.9 Å². The van der Waals surface area contributed by atoms with Gasteiger partial charge in [-0.1, -0.05) is 18.2 Å². The van der Waals surface area contributed by atoms with Crippen LogP contribution in [0.2, 0.25) is 0 Å². The summed E-state index contributed by atoms with van der Waals surface area (Å²) in [6.07, 6.45) is 0. The number of nitrogen functional groups attached to an aromatic ring is 1. The molecule has 0 aliphatic heterocycles. The Hall–Kier alpha value is -1.58. The molecule has 1 aromatic heterocycles. The fraction of sp³-hybridized carbons (Fsp3) is 0.0769. The highest BCUT2D eigenvalue weighted by atomic mass is 32.1. The molecule has 0 saturated carbocycles. The molecule has 0 fully saturated rings. The smallest absolute Gasteiger partial charge is 0.0688 e. The molecule has 0 radical (unpaired) electrons. The largest absolute Gasteiger partial charge is 0.397 e. The molecule has 0 aliphatic rings. The molecule has 1 heterocycles. The van der Waals surface area contributed by atoms with E-state index in [1.165, 1.54) is 5.39 Å². The van der Waals surface area contributed by atoms with Crippen LogP contribution in [0.5, 0.6) is 0 Å². The molecule has 2 nitrogen and oxygen atoms in total. The molecule has 3 heteroatoms. The van der Waals surface area contributed by atoms with Gasteiger partial charge < -0.3 is 10.8 Å². The minimum atomic E-state index is 0.0262. The lowest BCUT2D eigenvalue weighted by atomic mass is 10.0. The van der Waals surface area contributed by atoms with Gasteiger partial charge in [-0.2, -0.15) is 0 Å². The first-order valence-corrected chi connectivity index (χ1v) is 5.97. The molecule has 0 spiro atoms. The highest BCUT2D eigenvalue weighted by molar-refractivity contribution is 7.18. The number of benzene rings is 2. The van der Waals surface area contributed by atoms with Gasteiger partial charge >= 0.3 is 0 Å². The summed E-state index contributed by atoms with van der Waals surface area (Å²) in [5.74, 6) is 0. The standard InChI is InChI=1S/C13H11NOS/c14-12-11-8(2-1-3-10(11)7-15)6-9-4-5-16-13(9)12/h1-6,15H,7,14H2. The molecule has 0 atom stereocenters. The van der Waals surface area contributed by atoms with Gasteiger partial charge in [-0.05, 0) is 33.8 Å². The number of aliphatic hydroxyl groups is 1. The van der Waals surface area contributed by atoms with Gasteiger partial charge in [0.15, 0.2) is 0 Å². The zero-order valence-electron chi connectivity index (χ0n) is 8.60. The van der Waals surface area contributed by atoms with Crippen LogP contribution >= 0.6 is 11.3 Å². The third kappa shape index (κ3) is 1.22. The predicted octanol–water partition coefficient (Wildman–Crippen LogP) is 3.13. The summed E-state index contributed by atoms with van der Waals surface area (Å²) >= 11 is 1.64. The van der Waals surface area contributed by atoms with Gasteiger partial charge in [0.05, 0.1) is 17.0 Å². The summed E-state index contributed by atoms with van der Waals surface area (Å²) in [6.45, 7) is 0.0262. The van der Waals surface area contributed by atoms with Crippen molar-refractivity contribution < 1.29 is 5.11 Å². The van der Waals surface area contributed by atoms with Crippen LogP contribution in [0, 0.1) is 0 Å². The average molecular weight is 229 g/mol. The second-order valence-electron chi connectivity index (χ2n) is 3.80. The van der Waals surface area contributed by atoms with E-state index in [2.05, 4.69) is 12.1 Å². The molecular weight excluding hydrogens is 218 g/mol. The molecule has 3 rings (SSSR count). The number of thiophene rings is 1. The first-order chi connectivity index (χ1) is 7.81. The van der Waals surface area contributed by atoms with E-state index in [0.29, 0.717) is 0 Å². The molecule has 3 aromatic rings. The van der Waals surface area contributed by atoms with Crippen molar-refractivity contribution in [2.45, 2.75) is 6.61 Å². The summed E-state index contributed by atoms with van der Waals surface area (Å²) in [6, 6.07) is 10.1. The molecule has 0 amide bonds. The summed E-state index contributed by atoms with van der Waals surface area (Å²) < 4.78 is 1.11. The molecule has 16 heavy (non-hydrogen) atoms. The van der Waals surface area contributed by atoms with Crippen LogP contribution in [0.3, 0.4) is 0 Å². The van der Waals surface area contributed by atoms with Crippen LogP contribution in [0.15, 0.2) is 35.7 Å². The summed E-state index contributed by atoms with van der Waals surface area (Å²) in [5.41, 5.74) is 7.85. The Morgan fingerprint density at radius 2 is 2.06 bits per heavy atom. The molecular formula is C13H11NOS. The molecule has 3 N–H and O–H groups in total. The molecule has 0 saturated heterocycles. The Bertz CT molecular complexity index is 672. The van der Waals surface area contributed by atoms with Gasteiger partial charge in [0.2, 0.25) is 0 Å². The zero-order valence-corrected chi connectivity index (χ0v) is 9.42. The number of rotatable bonds is 1. The molecule has 80 valence electrons. The van der Waals surface area contributed by atoms with E-state index in [0.717, 1.165) is 26.7 Å². The van der Waals surface area contributed by atoms with E-state index >= 15 is 0 Å². The van der Waals surface area contributed by atoms with Crippen LogP contribution in [0.1, 0.15) is 5.56 Å². The van der Waals surface area contributed by atoms with Crippen molar-refractivity contribution in [3.63, 3.8) is 0 Å². The number of aliphatic hydroxyl groups excluding tert-OH is 1. The van der Waals surface area contributed by atoms with Crippen molar-refractivity contribution >= 4 is 37.9 Å². The highest BCUT2D eigenvalue weighted by Gasteiger charge is 2.08. The van der Waals surface area contributed by atoms with Gasteiger partial charge in [-0.25, -0.2) is 0 Å². The van der Waals surface area contributed by atoms with E-state index < -0.39 is 0 Å². The lowest BCUT2D eigenvalue weighted by molar-refractivity contribution is 0.283. The van der Waals surface area contributed by atoms with E-state index in [-0.39, 0.29) is 6.61 Å². The Morgan fingerprint density at radius 1 is 1.19 bits per heavy atom. The van der Waals surface area contributed by atoms with E-state index in [1.807, 2.05) is 23.6 Å². The second-order valence-corrected chi connectivity index (χ2v) is 4.72. The van der Waals surface area contributed by atoms with Crippen molar-refractivity contribution in [3.05, 3.63) is 41.3 Å². The first-order valence-electron chi connectivity index (χ1n) is 5.09. The molecule has 0 aliphatic carbocycles. The van der Waals surface area contributed by atoms with E-state index in [1.54, 1.807) is 11.3 Å². The number of nitrogens with two attached hydrogens (primary N) is 1. The monoisotopic (exact) mass is 229 g/mol. The van der Waals surface area contributed by atoms with Gasteiger partial charge in [0.25, 0.3) is 0 Å². The van der Waals surface area contributed by atoms with Gasteiger partial charge in [0, 0.05) is 5.39 Å². The highest BCUT2D eigenvalue weighted by Crippen LogP contribution is 2.35. The topological polar surface area (TPSA) is 46.2 Å². The number of hydrogen-bond acceptors (Lipinski definition) is 3. The van der Waals surface area contributed by atoms with E-state index in [4.69, 9.17) is 5.73 Å². The number of fused-ring (bicyclic) bond motifs is 2. The maximum atomic E-state index is 9.33. The molecule has 0 bridgehead atoms. The Kier molecular flexibility index (Phi) is 2.09. The van der Waals surface area contributed by atoms with E-state index in [9.17, 15) is 5.11 Å². The quantitative estimate of drug-likeness (QED) is 0.630. The fourth-order valence-electron chi connectivity index (χ4n) is 2.13. The van der Waals surface area contributed by atoms with Gasteiger partial charge in [-0.3, -0.25) is 0 Å². The van der Waals surface area contributed by atoms with Crippen molar-refractivity contribution in [3.8, 4) is 0 Å². The third-order valence-corrected chi connectivity index (χ3v) is 3.84. The van der Waals surface area contributed by atoms with Crippen LogP contribution in [-0.4, -0.2) is 5.11 Å². The third-order valence-electron chi connectivity index (χ3n) is 2.87. The minimum absolute atomic E-state index is 0.0262. The Balaban J connectivity index is 2.56. The minimum Gasteiger partial charge on any atom is -0.397 e. The first kappa shape index (κ1) is 9.63. The summed E-state index contributed by atoms with van der Waals surface area (Å²) in [5, 5.41) is 14.6. The zero-order chi connectivity index (χ0) is 11.1. The van der Waals surface area contributed by atoms with Crippen molar-refractivity contribution in [1.29, 1.82) is 0 Å². The lowest BCUT2D eigenvalue weighted by Gasteiger charge is -2.08. The Morgan fingerprint density at radius 3 is 2.88 bits per heavy atom. The molecule has 0 unspecified atom stereocenters. The second kappa shape index (κ2) is 3.47. The van der Waals surface area contributed by atoms with Gasteiger partial charge in [0.1, 0.15) is 0 Å². The average Bonchev–Trinajstić information content (AvgIpc) is 2.76. The molecule has 2 aromatic carbocycles. The summed E-state index contributed by atoms with van der Waals surface area (Å²) in [4.78, 5) is 0. The van der Waals surface area contributed by atoms with Crippen molar-refractivity contribution in [2.75, 3.05) is 5.73 Å². The SMILES string of the molecule is Nc1c2sccc2cc2cccc(CO)c12. The van der Waals surface area contributed by atoms with Crippen molar-refractivity contribution in [1.82, 2.24) is 0 Å². The van der Waals surface area contributed by atoms with Crippen LogP contribution < -0.4 is 5.73 Å². The number of anilines is 1. The fourth-order valence-corrected chi connectivity index (χ4v) is 2.98. The van der Waals surface area contributed by atoms with Crippen LogP contribution in [0.4, 0.5) is 5.69 Å². The normalized spacial score (nSPS) is 11.3. The van der Waals surface area contributed by atoms with Crippen LogP contribution in [-0.2, 0) is 6.61 Å². The maximum absolute atomic E-state index is 9.33. The van der Waals surface area contributed by atoms with Gasteiger partial charge in [-0.15, -0.1) is 11.3 Å². The number of hydrogen-bond donors (Lipinski definition) is 2.